The quantitative estimate of drug-likeness (QED) is 0.466. The summed E-state index contributed by atoms with van der Waals surface area (Å²) in [6.07, 6.45) is 8.54. The molecule has 0 aliphatic heterocycles. The number of hydrogen-bond acceptors (Lipinski definition) is 1. The highest BCUT2D eigenvalue weighted by Crippen LogP contribution is 2.39. The average molecular weight is 409 g/mol. The standard InChI is InChI=1S/C21H24S.5FH/c1-2-6-17-9-11-18(12-10-17)19-13-15-21(16-14-19)22-20-7-4-3-5-8-20;;;;;/h3-5,7-12,15,19H,2,6,13-14,16H2,1H3;5*1H. The molecular weight excluding hydrogens is 379 g/mol. The summed E-state index contributed by atoms with van der Waals surface area (Å²) in [4.78, 5) is 2.89. The Bertz CT molecular complexity index is 629. The van der Waals surface area contributed by atoms with E-state index in [0.717, 1.165) is 0 Å². The Balaban J connectivity index is -0.00000115. The number of hydrogen-bond donors (Lipinski definition) is 0. The number of thioether (sulfide) groups is 1. The number of allylic oxidation sites excluding steroid dienone is 2. The van der Waals surface area contributed by atoms with Crippen LogP contribution in [-0.4, -0.2) is 0 Å². The van der Waals surface area contributed by atoms with Crippen LogP contribution in [0.1, 0.15) is 49.7 Å². The van der Waals surface area contributed by atoms with Gasteiger partial charge in [0.2, 0.25) is 0 Å². The van der Waals surface area contributed by atoms with Gasteiger partial charge < -0.3 is 0 Å². The zero-order valence-electron chi connectivity index (χ0n) is 15.3. The van der Waals surface area contributed by atoms with Gasteiger partial charge in [-0.15, -0.1) is 0 Å². The summed E-state index contributed by atoms with van der Waals surface area (Å²) < 4.78 is 0. The molecule has 27 heavy (non-hydrogen) atoms. The van der Waals surface area contributed by atoms with E-state index in [1.165, 1.54) is 53.0 Å². The van der Waals surface area contributed by atoms with Gasteiger partial charge in [0.1, 0.15) is 0 Å². The first-order valence-corrected chi connectivity index (χ1v) is 9.17. The predicted molar refractivity (Wildman–Crippen MR) is 110 cm³/mol. The lowest BCUT2D eigenvalue weighted by Gasteiger charge is -2.22. The van der Waals surface area contributed by atoms with E-state index in [9.17, 15) is 0 Å². The Morgan fingerprint density at radius 1 is 0.852 bits per heavy atom. The molecule has 0 saturated carbocycles. The van der Waals surface area contributed by atoms with Crippen LogP contribution in [0.25, 0.3) is 0 Å². The zero-order chi connectivity index (χ0) is 15.2. The first-order chi connectivity index (χ1) is 10.8. The second-order valence-electron chi connectivity index (χ2n) is 6.05. The molecule has 0 radical (unpaired) electrons. The van der Waals surface area contributed by atoms with Crippen molar-refractivity contribution in [3.63, 3.8) is 0 Å². The van der Waals surface area contributed by atoms with Crippen LogP contribution in [-0.2, 0) is 6.42 Å². The molecule has 0 heterocycles. The lowest BCUT2D eigenvalue weighted by atomic mass is 9.87. The van der Waals surface area contributed by atoms with Crippen molar-refractivity contribution in [3.05, 3.63) is 76.7 Å². The molecule has 0 amide bonds. The Labute approximate surface area is 162 Å². The second-order valence-corrected chi connectivity index (χ2v) is 7.25. The van der Waals surface area contributed by atoms with Crippen molar-refractivity contribution >= 4 is 11.8 Å². The Hall–Kier alpha value is -1.82. The molecule has 2 aromatic rings. The van der Waals surface area contributed by atoms with E-state index in [-0.39, 0.29) is 23.5 Å². The zero-order valence-corrected chi connectivity index (χ0v) is 16.2. The van der Waals surface area contributed by atoms with Crippen molar-refractivity contribution in [3.8, 4) is 0 Å². The molecule has 0 bridgehead atoms. The summed E-state index contributed by atoms with van der Waals surface area (Å²) in [6, 6.07) is 20.0. The predicted octanol–water partition coefficient (Wildman–Crippen LogP) is 7.35. The van der Waals surface area contributed by atoms with Gasteiger partial charge in [0.15, 0.2) is 0 Å². The summed E-state index contributed by atoms with van der Waals surface area (Å²) >= 11 is 1.93. The van der Waals surface area contributed by atoms with E-state index in [1.54, 1.807) is 0 Å². The van der Waals surface area contributed by atoms with E-state index < -0.39 is 0 Å². The van der Waals surface area contributed by atoms with Crippen molar-refractivity contribution in [2.75, 3.05) is 0 Å². The van der Waals surface area contributed by atoms with Gasteiger partial charge in [-0.1, -0.05) is 73.6 Å². The van der Waals surface area contributed by atoms with Gasteiger partial charge in [0.05, 0.1) is 0 Å². The molecule has 154 valence electrons. The van der Waals surface area contributed by atoms with Crippen LogP contribution < -0.4 is 0 Å². The molecule has 2 aromatic carbocycles. The van der Waals surface area contributed by atoms with Crippen LogP contribution in [0, 0.1) is 0 Å². The third kappa shape index (κ3) is 8.61. The Morgan fingerprint density at radius 2 is 1.48 bits per heavy atom. The fourth-order valence-electron chi connectivity index (χ4n) is 3.09. The molecule has 0 saturated heterocycles. The van der Waals surface area contributed by atoms with Crippen LogP contribution >= 0.6 is 11.8 Å². The Morgan fingerprint density at radius 3 is 2.00 bits per heavy atom. The van der Waals surface area contributed by atoms with Gasteiger partial charge in [-0.05, 0) is 59.8 Å². The van der Waals surface area contributed by atoms with E-state index in [2.05, 4.69) is 67.6 Å². The van der Waals surface area contributed by atoms with Gasteiger partial charge >= 0.3 is 0 Å². The fraction of sp³-hybridized carbons (Fsp3) is 0.333. The minimum atomic E-state index is 0. The average Bonchev–Trinajstić information content (AvgIpc) is 2.58. The number of rotatable bonds is 5. The summed E-state index contributed by atoms with van der Waals surface area (Å²) in [5.41, 5.74) is 2.98. The molecule has 1 aliphatic rings. The smallest absolute Gasteiger partial charge is 0.0118 e. The maximum atomic E-state index is 2.45. The molecular formula is C21H29F5S. The van der Waals surface area contributed by atoms with E-state index >= 15 is 0 Å². The minimum Gasteiger partial charge on any atom is -0.269 e. The summed E-state index contributed by atoms with van der Waals surface area (Å²) in [5.74, 6) is 0.704. The monoisotopic (exact) mass is 408 g/mol. The molecule has 0 aromatic heterocycles. The fourth-order valence-corrected chi connectivity index (χ4v) is 4.09. The van der Waals surface area contributed by atoms with Gasteiger partial charge in [-0.3, -0.25) is 23.5 Å². The highest BCUT2D eigenvalue weighted by atomic mass is 32.2. The highest BCUT2D eigenvalue weighted by Gasteiger charge is 2.16. The highest BCUT2D eigenvalue weighted by molar-refractivity contribution is 8.03. The molecule has 6 heteroatoms. The maximum Gasteiger partial charge on any atom is 0.0118 e. The molecule has 3 rings (SSSR count). The Kier molecular flexibility index (Phi) is 16.9. The van der Waals surface area contributed by atoms with Crippen LogP contribution in [0.2, 0.25) is 0 Å². The summed E-state index contributed by atoms with van der Waals surface area (Å²) in [5, 5.41) is 0. The second kappa shape index (κ2) is 15.3. The maximum absolute atomic E-state index is 2.45. The normalized spacial score (nSPS) is 14.7. The van der Waals surface area contributed by atoms with Gasteiger partial charge in [-0.2, -0.15) is 0 Å². The van der Waals surface area contributed by atoms with Gasteiger partial charge in [-0.25, -0.2) is 0 Å². The lowest BCUT2D eigenvalue weighted by Crippen LogP contribution is -2.03. The third-order valence-electron chi connectivity index (χ3n) is 4.35. The van der Waals surface area contributed by atoms with E-state index in [4.69, 9.17) is 0 Å². The van der Waals surface area contributed by atoms with Crippen molar-refractivity contribution in [1.82, 2.24) is 0 Å². The topological polar surface area (TPSA) is 0 Å². The number of aryl methyl sites for hydroxylation is 1. The lowest BCUT2D eigenvalue weighted by molar-refractivity contribution is 0.612. The van der Waals surface area contributed by atoms with Gasteiger partial charge in [0, 0.05) is 4.90 Å². The van der Waals surface area contributed by atoms with Crippen molar-refractivity contribution in [2.45, 2.75) is 49.8 Å². The first-order valence-electron chi connectivity index (χ1n) is 8.36. The summed E-state index contributed by atoms with van der Waals surface area (Å²) in [6.45, 7) is 2.24. The van der Waals surface area contributed by atoms with Crippen molar-refractivity contribution in [2.24, 2.45) is 0 Å². The molecule has 1 aliphatic carbocycles. The number of halogens is 5. The SMILES string of the molecule is CCCc1ccc(C2CC=C(Sc3ccccc3)CC2)cc1.F.F.F.F.F. The molecule has 0 nitrogen and oxygen atoms in total. The molecule has 0 fully saturated rings. The minimum absolute atomic E-state index is 0. The first kappa shape index (κ1) is 29.9. The van der Waals surface area contributed by atoms with Gasteiger partial charge in [0.25, 0.3) is 0 Å². The van der Waals surface area contributed by atoms with Crippen molar-refractivity contribution < 1.29 is 23.5 Å². The third-order valence-corrected chi connectivity index (χ3v) is 5.49. The molecule has 1 atom stereocenters. The van der Waals surface area contributed by atoms with E-state index in [1.807, 2.05) is 11.8 Å². The molecule has 1 unspecified atom stereocenters. The summed E-state index contributed by atoms with van der Waals surface area (Å²) in [7, 11) is 0. The van der Waals surface area contributed by atoms with Crippen LogP contribution in [0.3, 0.4) is 0 Å². The molecule has 0 spiro atoms. The van der Waals surface area contributed by atoms with Crippen LogP contribution in [0.4, 0.5) is 23.5 Å². The van der Waals surface area contributed by atoms with Crippen LogP contribution in [0.5, 0.6) is 0 Å². The van der Waals surface area contributed by atoms with Crippen molar-refractivity contribution in [1.29, 1.82) is 0 Å². The van der Waals surface area contributed by atoms with Crippen LogP contribution in [0.15, 0.2) is 70.5 Å². The van der Waals surface area contributed by atoms with E-state index in [0.29, 0.717) is 5.92 Å². The molecule has 0 N–H and O–H groups in total. The number of benzene rings is 2. The largest absolute Gasteiger partial charge is 0.269 e.